The number of hydrogen-bond acceptors (Lipinski definition) is 4. The minimum absolute atomic E-state index is 0.000327. The lowest BCUT2D eigenvalue weighted by Crippen LogP contribution is -2.63. The van der Waals surface area contributed by atoms with Gasteiger partial charge in [-0.2, -0.15) is 0 Å². The van der Waals surface area contributed by atoms with Crippen molar-refractivity contribution in [3.05, 3.63) is 23.3 Å². The highest BCUT2D eigenvalue weighted by molar-refractivity contribution is 5.58. The standard InChI is InChI=1S/C21H29NO3/c1-3-22(11-13-4-5-13)16-10-14-6-7-15(23)20-17(14)18-19(25-20)12(2)8-9-21(16,18)24/h6-7,12-13,16,18-19,23-24H,3-5,8-11H2,1-2H3/t12?,16-,18?,19+,21-/m0/s1. The van der Waals surface area contributed by atoms with Gasteiger partial charge in [0.2, 0.25) is 0 Å². The molecule has 0 aromatic heterocycles. The SMILES string of the molecule is CCN(CC1CC1)[C@H]1Cc2ccc(O)c3c2C2[C@H](O3)C(C)CC[C@@]21O. The van der Waals surface area contributed by atoms with E-state index in [1.807, 2.05) is 0 Å². The molecule has 2 unspecified atom stereocenters. The van der Waals surface area contributed by atoms with Crippen LogP contribution in [0.4, 0.5) is 0 Å². The van der Waals surface area contributed by atoms with Crippen molar-refractivity contribution in [1.29, 1.82) is 0 Å². The summed E-state index contributed by atoms with van der Waals surface area (Å²) >= 11 is 0. The second-order valence-electron chi connectivity index (χ2n) is 8.80. The van der Waals surface area contributed by atoms with Gasteiger partial charge < -0.3 is 14.9 Å². The summed E-state index contributed by atoms with van der Waals surface area (Å²) in [5.41, 5.74) is 1.62. The molecule has 5 rings (SSSR count). The Morgan fingerprint density at radius 3 is 2.80 bits per heavy atom. The normalized spacial score (nSPS) is 38.6. The van der Waals surface area contributed by atoms with Gasteiger partial charge in [-0.25, -0.2) is 0 Å². The fourth-order valence-electron chi connectivity index (χ4n) is 5.71. The van der Waals surface area contributed by atoms with E-state index in [1.54, 1.807) is 6.07 Å². The van der Waals surface area contributed by atoms with Gasteiger partial charge in [0.1, 0.15) is 6.10 Å². The molecule has 1 aromatic carbocycles. The Hall–Kier alpha value is -1.26. The van der Waals surface area contributed by atoms with E-state index in [2.05, 4.69) is 24.8 Å². The average molecular weight is 343 g/mol. The Kier molecular flexibility index (Phi) is 3.43. The average Bonchev–Trinajstić information content (AvgIpc) is 3.32. The molecule has 4 aliphatic rings. The van der Waals surface area contributed by atoms with Crippen LogP contribution in [0.5, 0.6) is 11.5 Å². The summed E-state index contributed by atoms with van der Waals surface area (Å²) < 4.78 is 6.24. The largest absolute Gasteiger partial charge is 0.504 e. The number of likely N-dealkylation sites (N-methyl/N-ethyl adjacent to an activating group) is 1. The fraction of sp³-hybridized carbons (Fsp3) is 0.714. The van der Waals surface area contributed by atoms with Crippen LogP contribution in [0.15, 0.2) is 12.1 Å². The molecular weight excluding hydrogens is 314 g/mol. The summed E-state index contributed by atoms with van der Waals surface area (Å²) in [6.45, 7) is 6.53. The van der Waals surface area contributed by atoms with Gasteiger partial charge in [0, 0.05) is 18.2 Å². The van der Waals surface area contributed by atoms with Crippen molar-refractivity contribution in [2.75, 3.05) is 13.1 Å². The van der Waals surface area contributed by atoms with E-state index in [-0.39, 0.29) is 23.8 Å². The summed E-state index contributed by atoms with van der Waals surface area (Å²) in [6.07, 6.45) is 5.34. The highest BCUT2D eigenvalue weighted by Gasteiger charge is 2.61. The molecule has 136 valence electrons. The number of rotatable bonds is 4. The van der Waals surface area contributed by atoms with Crippen LogP contribution < -0.4 is 4.74 Å². The third-order valence-electron chi connectivity index (χ3n) is 7.29. The smallest absolute Gasteiger partial charge is 0.165 e. The van der Waals surface area contributed by atoms with Crippen molar-refractivity contribution >= 4 is 0 Å². The van der Waals surface area contributed by atoms with Gasteiger partial charge in [-0.1, -0.05) is 19.9 Å². The third kappa shape index (κ3) is 2.20. The zero-order chi connectivity index (χ0) is 17.3. The van der Waals surface area contributed by atoms with Crippen LogP contribution in [0.2, 0.25) is 0 Å². The van der Waals surface area contributed by atoms with E-state index < -0.39 is 5.60 Å². The Morgan fingerprint density at radius 2 is 2.08 bits per heavy atom. The molecule has 0 saturated heterocycles. The molecule has 2 N–H and O–H groups in total. The van der Waals surface area contributed by atoms with Crippen LogP contribution in [-0.2, 0) is 6.42 Å². The molecule has 2 saturated carbocycles. The summed E-state index contributed by atoms with van der Waals surface area (Å²) in [6, 6.07) is 3.98. The van der Waals surface area contributed by atoms with Crippen molar-refractivity contribution in [1.82, 2.24) is 4.90 Å². The first kappa shape index (κ1) is 16.0. The van der Waals surface area contributed by atoms with Gasteiger partial charge >= 0.3 is 0 Å². The minimum Gasteiger partial charge on any atom is -0.504 e. The number of aliphatic hydroxyl groups is 1. The van der Waals surface area contributed by atoms with Crippen LogP contribution in [-0.4, -0.2) is 45.9 Å². The summed E-state index contributed by atoms with van der Waals surface area (Å²) in [5, 5.41) is 22.3. The summed E-state index contributed by atoms with van der Waals surface area (Å²) in [4.78, 5) is 2.53. The molecular formula is C21H29NO3. The Labute approximate surface area is 149 Å². The number of aromatic hydroxyl groups is 1. The molecule has 0 amide bonds. The maximum atomic E-state index is 11.9. The molecule has 0 spiro atoms. The Morgan fingerprint density at radius 1 is 1.28 bits per heavy atom. The lowest BCUT2D eigenvalue weighted by Gasteiger charge is -2.53. The Bertz CT molecular complexity index is 701. The first-order valence-electron chi connectivity index (χ1n) is 10.0. The van der Waals surface area contributed by atoms with Gasteiger partial charge in [0.25, 0.3) is 0 Å². The zero-order valence-corrected chi connectivity index (χ0v) is 15.2. The molecule has 4 nitrogen and oxygen atoms in total. The van der Waals surface area contributed by atoms with E-state index in [0.717, 1.165) is 43.8 Å². The molecule has 2 fully saturated rings. The van der Waals surface area contributed by atoms with E-state index >= 15 is 0 Å². The highest BCUT2D eigenvalue weighted by Crippen LogP contribution is 2.60. The number of ether oxygens (including phenoxy) is 1. The van der Waals surface area contributed by atoms with Crippen molar-refractivity contribution in [2.45, 2.75) is 69.6 Å². The monoisotopic (exact) mass is 343 g/mol. The quantitative estimate of drug-likeness (QED) is 0.882. The molecule has 4 heteroatoms. The summed E-state index contributed by atoms with van der Waals surface area (Å²) in [5.74, 6) is 2.09. The van der Waals surface area contributed by atoms with Crippen molar-refractivity contribution in [3.63, 3.8) is 0 Å². The number of hydrogen-bond donors (Lipinski definition) is 2. The molecule has 1 heterocycles. The number of benzene rings is 1. The van der Waals surface area contributed by atoms with E-state index in [9.17, 15) is 10.2 Å². The van der Waals surface area contributed by atoms with Gasteiger partial charge in [-0.3, -0.25) is 4.90 Å². The molecule has 0 radical (unpaired) electrons. The highest BCUT2D eigenvalue weighted by atomic mass is 16.5. The summed E-state index contributed by atoms with van der Waals surface area (Å²) in [7, 11) is 0. The first-order chi connectivity index (χ1) is 12.0. The molecule has 1 aromatic rings. The molecule has 1 aliphatic heterocycles. The first-order valence-corrected chi connectivity index (χ1v) is 10.0. The van der Waals surface area contributed by atoms with Gasteiger partial charge in [0.15, 0.2) is 11.5 Å². The molecule has 0 bridgehead atoms. The maximum absolute atomic E-state index is 11.9. The lowest BCUT2D eigenvalue weighted by atomic mass is 9.59. The van der Waals surface area contributed by atoms with Crippen LogP contribution in [0.3, 0.4) is 0 Å². The predicted molar refractivity (Wildman–Crippen MR) is 96.1 cm³/mol. The van der Waals surface area contributed by atoms with Gasteiger partial charge in [-0.05, 0) is 62.1 Å². The third-order valence-corrected chi connectivity index (χ3v) is 7.29. The van der Waals surface area contributed by atoms with Gasteiger partial charge in [0.05, 0.1) is 11.5 Å². The second-order valence-corrected chi connectivity index (χ2v) is 8.80. The number of phenols is 1. The molecule has 25 heavy (non-hydrogen) atoms. The van der Waals surface area contributed by atoms with E-state index in [4.69, 9.17) is 4.74 Å². The number of nitrogens with zero attached hydrogens (tertiary/aromatic N) is 1. The minimum atomic E-state index is -0.742. The van der Waals surface area contributed by atoms with E-state index in [1.165, 1.54) is 18.4 Å². The molecule has 5 atom stereocenters. The Balaban J connectivity index is 1.61. The second kappa shape index (κ2) is 5.37. The predicted octanol–water partition coefficient (Wildman–Crippen LogP) is 3.05. The molecule has 3 aliphatic carbocycles. The number of phenolic OH excluding ortho intramolecular Hbond substituents is 1. The maximum Gasteiger partial charge on any atom is 0.165 e. The van der Waals surface area contributed by atoms with Crippen LogP contribution in [0.1, 0.15) is 56.6 Å². The van der Waals surface area contributed by atoms with Crippen molar-refractivity contribution < 1.29 is 14.9 Å². The van der Waals surface area contributed by atoms with E-state index in [0.29, 0.717) is 11.7 Å². The van der Waals surface area contributed by atoms with Crippen LogP contribution >= 0.6 is 0 Å². The lowest BCUT2D eigenvalue weighted by molar-refractivity contribution is -0.123. The van der Waals surface area contributed by atoms with Crippen molar-refractivity contribution in [3.8, 4) is 11.5 Å². The topological polar surface area (TPSA) is 52.9 Å². The zero-order valence-electron chi connectivity index (χ0n) is 15.2. The van der Waals surface area contributed by atoms with Crippen LogP contribution in [0.25, 0.3) is 0 Å². The van der Waals surface area contributed by atoms with Gasteiger partial charge in [-0.15, -0.1) is 0 Å². The van der Waals surface area contributed by atoms with Crippen LogP contribution in [0, 0.1) is 11.8 Å². The fourth-order valence-corrected chi connectivity index (χ4v) is 5.71. The van der Waals surface area contributed by atoms with Crippen molar-refractivity contribution in [2.24, 2.45) is 11.8 Å².